The first-order valence-electron chi connectivity index (χ1n) is 6.64. The molecule has 0 bridgehead atoms. The molecule has 1 aliphatic heterocycles. The van der Waals surface area contributed by atoms with Gasteiger partial charge in [-0.15, -0.1) is 0 Å². The van der Waals surface area contributed by atoms with E-state index >= 15 is 0 Å². The normalized spacial score (nSPS) is 22.6. The van der Waals surface area contributed by atoms with E-state index in [0.29, 0.717) is 26.2 Å². The zero-order chi connectivity index (χ0) is 13.7. The lowest BCUT2D eigenvalue weighted by Crippen LogP contribution is -2.44. The number of carbonyl (C=O) groups excluding carboxylic acids is 1. The number of rotatable bonds is 6. The van der Waals surface area contributed by atoms with Gasteiger partial charge in [-0.3, -0.25) is 9.48 Å². The maximum atomic E-state index is 12.0. The second-order valence-electron chi connectivity index (χ2n) is 4.68. The largest absolute Gasteiger partial charge is 0.379 e. The number of hydrogen-bond acceptors (Lipinski definition) is 5. The van der Waals surface area contributed by atoms with Crippen molar-refractivity contribution in [2.24, 2.45) is 13.0 Å². The van der Waals surface area contributed by atoms with Crippen molar-refractivity contribution in [2.75, 3.05) is 26.3 Å². The minimum atomic E-state index is -0.100. The van der Waals surface area contributed by atoms with E-state index in [1.165, 1.54) is 0 Å². The molecular weight excluding hydrogens is 246 g/mol. The van der Waals surface area contributed by atoms with Gasteiger partial charge in [-0.2, -0.15) is 5.10 Å². The Balaban J connectivity index is 1.74. The maximum absolute atomic E-state index is 12.0. The first kappa shape index (κ1) is 14.0. The molecule has 1 amide bonds. The Hall–Kier alpha value is -1.47. The van der Waals surface area contributed by atoms with Crippen molar-refractivity contribution in [3.63, 3.8) is 0 Å². The van der Waals surface area contributed by atoms with Crippen LogP contribution in [0.25, 0.3) is 0 Å². The molecule has 0 spiro atoms. The number of hydrogen-bond donors (Lipinski definition) is 2. The van der Waals surface area contributed by atoms with Gasteiger partial charge in [-0.1, -0.05) is 6.92 Å². The number of carbonyl (C=O) groups is 1. The molecule has 0 aromatic carbocycles. The van der Waals surface area contributed by atoms with Gasteiger partial charge >= 0.3 is 0 Å². The van der Waals surface area contributed by atoms with Gasteiger partial charge in [0.15, 0.2) is 5.82 Å². The summed E-state index contributed by atoms with van der Waals surface area (Å²) < 4.78 is 7.02. The first-order chi connectivity index (χ1) is 9.20. The molecule has 0 saturated carbocycles. The maximum Gasteiger partial charge on any atom is 0.227 e. The zero-order valence-corrected chi connectivity index (χ0v) is 11.4. The highest BCUT2D eigenvalue weighted by atomic mass is 16.5. The summed E-state index contributed by atoms with van der Waals surface area (Å²) >= 11 is 0. The molecule has 106 valence electrons. The molecule has 2 rings (SSSR count). The van der Waals surface area contributed by atoms with Crippen molar-refractivity contribution < 1.29 is 9.53 Å². The fourth-order valence-electron chi connectivity index (χ4n) is 2.20. The van der Waals surface area contributed by atoms with Gasteiger partial charge < -0.3 is 15.4 Å². The van der Waals surface area contributed by atoms with Crippen LogP contribution in [0.5, 0.6) is 0 Å². The van der Waals surface area contributed by atoms with Crippen LogP contribution in [0, 0.1) is 5.92 Å². The number of amides is 1. The molecule has 0 radical (unpaired) electrons. The smallest absolute Gasteiger partial charge is 0.227 e. The van der Waals surface area contributed by atoms with E-state index in [-0.39, 0.29) is 17.9 Å². The third-order valence-electron chi connectivity index (χ3n) is 3.18. The van der Waals surface area contributed by atoms with Crippen molar-refractivity contribution in [1.29, 1.82) is 0 Å². The zero-order valence-electron chi connectivity index (χ0n) is 11.4. The molecule has 7 heteroatoms. The lowest BCUT2D eigenvalue weighted by atomic mass is 10.0. The van der Waals surface area contributed by atoms with E-state index in [1.807, 2.05) is 14.0 Å². The molecule has 1 saturated heterocycles. The molecule has 1 aromatic rings. The Morgan fingerprint density at radius 1 is 1.58 bits per heavy atom. The summed E-state index contributed by atoms with van der Waals surface area (Å²) in [5.74, 6) is 0.685. The van der Waals surface area contributed by atoms with Gasteiger partial charge in [0.1, 0.15) is 6.33 Å². The van der Waals surface area contributed by atoms with Gasteiger partial charge in [0.2, 0.25) is 5.91 Å². The summed E-state index contributed by atoms with van der Waals surface area (Å²) in [6.07, 6.45) is 2.30. The van der Waals surface area contributed by atoms with Gasteiger partial charge in [0.05, 0.1) is 19.1 Å². The highest BCUT2D eigenvalue weighted by molar-refractivity contribution is 5.79. The number of aryl methyl sites for hydroxylation is 1. The van der Waals surface area contributed by atoms with Crippen LogP contribution in [-0.4, -0.2) is 53.0 Å². The SMILES string of the molecule is CCNC1COCC1C(=O)NCCc1ncn(C)n1. The van der Waals surface area contributed by atoms with E-state index in [1.54, 1.807) is 11.0 Å². The first-order valence-corrected chi connectivity index (χ1v) is 6.64. The lowest BCUT2D eigenvalue weighted by molar-refractivity contribution is -0.125. The van der Waals surface area contributed by atoms with Crippen molar-refractivity contribution >= 4 is 5.91 Å². The molecule has 2 unspecified atom stereocenters. The van der Waals surface area contributed by atoms with Crippen molar-refractivity contribution in [1.82, 2.24) is 25.4 Å². The average molecular weight is 267 g/mol. The summed E-state index contributed by atoms with van der Waals surface area (Å²) in [6, 6.07) is 0.123. The fourth-order valence-corrected chi connectivity index (χ4v) is 2.20. The van der Waals surface area contributed by atoms with E-state index in [4.69, 9.17) is 4.74 Å². The van der Waals surface area contributed by atoms with E-state index in [0.717, 1.165) is 12.4 Å². The van der Waals surface area contributed by atoms with Gasteiger partial charge in [0.25, 0.3) is 0 Å². The molecule has 1 aromatic heterocycles. The minimum Gasteiger partial charge on any atom is -0.379 e. The molecule has 7 nitrogen and oxygen atoms in total. The van der Waals surface area contributed by atoms with Crippen LogP contribution in [-0.2, 0) is 23.0 Å². The highest BCUT2D eigenvalue weighted by Gasteiger charge is 2.33. The highest BCUT2D eigenvalue weighted by Crippen LogP contribution is 2.13. The van der Waals surface area contributed by atoms with E-state index in [2.05, 4.69) is 20.7 Å². The standard InChI is InChI=1S/C12H21N5O2/c1-3-13-10-7-19-6-9(10)12(18)14-5-4-11-15-8-17(2)16-11/h8-10,13H,3-7H2,1-2H3,(H,14,18). The van der Waals surface area contributed by atoms with Crippen molar-refractivity contribution in [2.45, 2.75) is 19.4 Å². The number of nitrogens with zero attached hydrogens (tertiary/aromatic N) is 3. The number of nitrogens with one attached hydrogen (secondary N) is 2. The average Bonchev–Trinajstić information content (AvgIpc) is 2.99. The summed E-state index contributed by atoms with van der Waals surface area (Å²) in [5, 5.41) is 10.4. The summed E-state index contributed by atoms with van der Waals surface area (Å²) in [7, 11) is 1.83. The Morgan fingerprint density at radius 3 is 3.11 bits per heavy atom. The second kappa shape index (κ2) is 6.63. The Kier molecular flexibility index (Phi) is 4.86. The van der Waals surface area contributed by atoms with E-state index < -0.39 is 0 Å². The van der Waals surface area contributed by atoms with Gasteiger partial charge in [-0.05, 0) is 6.54 Å². The molecular formula is C12H21N5O2. The second-order valence-corrected chi connectivity index (χ2v) is 4.68. The van der Waals surface area contributed by atoms with Crippen LogP contribution < -0.4 is 10.6 Å². The molecule has 2 atom stereocenters. The number of ether oxygens (including phenoxy) is 1. The molecule has 2 heterocycles. The predicted molar refractivity (Wildman–Crippen MR) is 69.5 cm³/mol. The summed E-state index contributed by atoms with van der Waals surface area (Å²) in [5.41, 5.74) is 0. The van der Waals surface area contributed by atoms with Crippen LogP contribution in [0.1, 0.15) is 12.7 Å². The third kappa shape index (κ3) is 3.74. The fraction of sp³-hybridized carbons (Fsp3) is 0.750. The third-order valence-corrected chi connectivity index (χ3v) is 3.18. The van der Waals surface area contributed by atoms with Crippen LogP contribution in [0.3, 0.4) is 0 Å². The summed E-state index contributed by atoms with van der Waals surface area (Å²) in [6.45, 7) is 4.52. The minimum absolute atomic E-state index is 0.0411. The number of likely N-dealkylation sites (N-methyl/N-ethyl adjacent to an activating group) is 1. The molecule has 2 N–H and O–H groups in total. The molecule has 1 aliphatic rings. The summed E-state index contributed by atoms with van der Waals surface area (Å²) in [4.78, 5) is 16.2. The quantitative estimate of drug-likeness (QED) is 0.698. The molecule has 1 fully saturated rings. The lowest BCUT2D eigenvalue weighted by Gasteiger charge is -2.17. The Bertz CT molecular complexity index is 420. The van der Waals surface area contributed by atoms with Crippen LogP contribution in [0.15, 0.2) is 6.33 Å². The van der Waals surface area contributed by atoms with Gasteiger partial charge in [-0.25, -0.2) is 4.98 Å². The Labute approximate surface area is 112 Å². The van der Waals surface area contributed by atoms with Crippen LogP contribution >= 0.6 is 0 Å². The monoisotopic (exact) mass is 267 g/mol. The molecule has 0 aliphatic carbocycles. The van der Waals surface area contributed by atoms with Crippen molar-refractivity contribution in [3.8, 4) is 0 Å². The number of aromatic nitrogens is 3. The van der Waals surface area contributed by atoms with Crippen molar-refractivity contribution in [3.05, 3.63) is 12.2 Å². The van der Waals surface area contributed by atoms with Gasteiger partial charge in [0, 0.05) is 26.1 Å². The van der Waals surface area contributed by atoms with Crippen LogP contribution in [0.2, 0.25) is 0 Å². The van der Waals surface area contributed by atoms with Crippen LogP contribution in [0.4, 0.5) is 0 Å². The Morgan fingerprint density at radius 2 is 2.42 bits per heavy atom. The topological polar surface area (TPSA) is 81.1 Å². The molecule has 19 heavy (non-hydrogen) atoms. The van der Waals surface area contributed by atoms with E-state index in [9.17, 15) is 4.79 Å². The predicted octanol–water partition coefficient (Wildman–Crippen LogP) is -0.902.